The lowest BCUT2D eigenvalue weighted by atomic mass is 10.1. The van der Waals surface area contributed by atoms with Gasteiger partial charge in [-0.3, -0.25) is 5.41 Å². The van der Waals surface area contributed by atoms with E-state index in [1.807, 2.05) is 0 Å². The van der Waals surface area contributed by atoms with Crippen LogP contribution in [0.2, 0.25) is 0 Å². The Kier molecular flexibility index (Phi) is 3.84. The molecule has 2 rings (SSSR count). The van der Waals surface area contributed by atoms with E-state index in [0.717, 1.165) is 18.3 Å². The lowest BCUT2D eigenvalue weighted by molar-refractivity contribution is -0.137. The zero-order chi connectivity index (χ0) is 15.6. The highest BCUT2D eigenvalue weighted by atomic mass is 19.4. The molecule has 0 atom stereocenters. The summed E-state index contributed by atoms with van der Waals surface area (Å²) in [4.78, 5) is 5.45. The Morgan fingerprint density at radius 1 is 1.24 bits per heavy atom. The second-order valence-electron chi connectivity index (χ2n) is 4.42. The predicted molar refractivity (Wildman–Crippen MR) is 74.8 cm³/mol. The molecule has 0 aliphatic rings. The number of aromatic nitrogens is 1. The summed E-state index contributed by atoms with van der Waals surface area (Å²) in [6.07, 6.45) is -3.30. The van der Waals surface area contributed by atoms with Gasteiger partial charge in [0.2, 0.25) is 0 Å². The number of nitrogens with one attached hydrogen (secondary N) is 1. The van der Waals surface area contributed by atoms with E-state index in [0.29, 0.717) is 11.3 Å². The van der Waals surface area contributed by atoms with Crippen molar-refractivity contribution in [3.8, 4) is 0 Å². The second-order valence-corrected chi connectivity index (χ2v) is 4.42. The molecule has 0 bridgehead atoms. The fraction of sp³-hybridized carbons (Fsp3) is 0.143. The number of benzene rings is 1. The molecule has 1 aromatic heterocycles. The number of pyridine rings is 1. The van der Waals surface area contributed by atoms with Gasteiger partial charge >= 0.3 is 6.18 Å². The summed E-state index contributed by atoms with van der Waals surface area (Å²) in [5, 5.41) is 7.39. The molecule has 0 radical (unpaired) electrons. The summed E-state index contributed by atoms with van der Waals surface area (Å²) in [5.74, 6) is 0.0489. The van der Waals surface area contributed by atoms with Gasteiger partial charge in [-0.05, 0) is 24.3 Å². The number of anilines is 2. The molecule has 2 aromatic rings. The van der Waals surface area contributed by atoms with Crippen molar-refractivity contribution in [2.24, 2.45) is 5.73 Å². The lowest BCUT2D eigenvalue weighted by Gasteiger charge is -2.20. The van der Waals surface area contributed by atoms with E-state index in [4.69, 9.17) is 11.1 Å². The Hall–Kier alpha value is -2.57. The lowest BCUT2D eigenvalue weighted by Crippen LogP contribution is -2.15. The van der Waals surface area contributed by atoms with Gasteiger partial charge in [-0.15, -0.1) is 0 Å². The minimum absolute atomic E-state index is 0.109. The third-order valence-electron chi connectivity index (χ3n) is 2.96. The summed E-state index contributed by atoms with van der Waals surface area (Å²) >= 11 is 0. The van der Waals surface area contributed by atoms with Gasteiger partial charge in [0.1, 0.15) is 11.7 Å². The van der Waals surface area contributed by atoms with Crippen molar-refractivity contribution in [3.05, 3.63) is 53.7 Å². The van der Waals surface area contributed by atoms with Crippen molar-refractivity contribution in [3.63, 3.8) is 0 Å². The van der Waals surface area contributed by atoms with Gasteiger partial charge in [-0.1, -0.05) is 12.1 Å². The second kappa shape index (κ2) is 5.43. The summed E-state index contributed by atoms with van der Waals surface area (Å²) in [7, 11) is 1.60. The van der Waals surface area contributed by atoms with Crippen LogP contribution in [-0.4, -0.2) is 17.9 Å². The van der Waals surface area contributed by atoms with E-state index in [1.165, 1.54) is 4.90 Å². The maximum atomic E-state index is 12.7. The predicted octanol–water partition coefficient (Wildman–Crippen LogP) is 3.15. The SMILES string of the molecule is CN(c1cccc(C(=N)N)c1)c1cc(C(F)(F)F)ccn1. The van der Waals surface area contributed by atoms with Crippen molar-refractivity contribution in [1.82, 2.24) is 4.98 Å². The summed E-state index contributed by atoms with van der Waals surface area (Å²) in [6, 6.07) is 8.54. The summed E-state index contributed by atoms with van der Waals surface area (Å²) < 4.78 is 38.1. The highest BCUT2D eigenvalue weighted by Crippen LogP contribution is 2.32. The summed E-state index contributed by atoms with van der Waals surface area (Å²) in [5.41, 5.74) is 5.73. The smallest absolute Gasteiger partial charge is 0.384 e. The van der Waals surface area contributed by atoms with E-state index in [-0.39, 0.29) is 11.7 Å². The molecular weight excluding hydrogens is 281 g/mol. The molecule has 0 aliphatic heterocycles. The summed E-state index contributed by atoms with van der Waals surface area (Å²) in [6.45, 7) is 0. The maximum absolute atomic E-state index is 12.7. The van der Waals surface area contributed by atoms with E-state index in [2.05, 4.69) is 4.98 Å². The van der Waals surface area contributed by atoms with Gasteiger partial charge in [-0.25, -0.2) is 4.98 Å². The number of nitrogens with zero attached hydrogens (tertiary/aromatic N) is 2. The van der Waals surface area contributed by atoms with E-state index in [9.17, 15) is 13.2 Å². The molecule has 0 spiro atoms. The fourth-order valence-corrected chi connectivity index (χ4v) is 1.79. The molecule has 0 unspecified atom stereocenters. The Balaban J connectivity index is 2.38. The third-order valence-corrected chi connectivity index (χ3v) is 2.96. The van der Waals surface area contributed by atoms with Crippen LogP contribution in [-0.2, 0) is 6.18 Å². The van der Waals surface area contributed by atoms with Crippen molar-refractivity contribution in [2.75, 3.05) is 11.9 Å². The molecule has 1 aromatic carbocycles. The van der Waals surface area contributed by atoms with Gasteiger partial charge in [0.05, 0.1) is 5.56 Å². The minimum atomic E-state index is -4.42. The quantitative estimate of drug-likeness (QED) is 0.675. The number of rotatable bonds is 3. The van der Waals surface area contributed by atoms with Crippen LogP contribution in [0, 0.1) is 5.41 Å². The zero-order valence-corrected chi connectivity index (χ0v) is 11.1. The van der Waals surface area contributed by atoms with Crippen molar-refractivity contribution in [1.29, 1.82) is 5.41 Å². The first kappa shape index (κ1) is 14.8. The number of amidine groups is 1. The molecule has 1 heterocycles. The highest BCUT2D eigenvalue weighted by Gasteiger charge is 2.31. The fourth-order valence-electron chi connectivity index (χ4n) is 1.79. The van der Waals surface area contributed by atoms with Crippen LogP contribution in [0.3, 0.4) is 0 Å². The topological polar surface area (TPSA) is 66.0 Å². The molecule has 110 valence electrons. The van der Waals surface area contributed by atoms with Crippen LogP contribution in [0.15, 0.2) is 42.6 Å². The van der Waals surface area contributed by atoms with Crippen LogP contribution in [0.1, 0.15) is 11.1 Å². The number of nitrogens with two attached hydrogens (primary N) is 1. The molecule has 0 fully saturated rings. The van der Waals surface area contributed by atoms with Gasteiger partial charge in [0.15, 0.2) is 0 Å². The number of halogens is 3. The van der Waals surface area contributed by atoms with Crippen molar-refractivity contribution >= 4 is 17.3 Å². The molecule has 7 heteroatoms. The van der Waals surface area contributed by atoms with Crippen LogP contribution in [0.25, 0.3) is 0 Å². The number of nitrogen functional groups attached to an aromatic ring is 1. The van der Waals surface area contributed by atoms with Gasteiger partial charge in [0.25, 0.3) is 0 Å². The monoisotopic (exact) mass is 294 g/mol. The highest BCUT2D eigenvalue weighted by molar-refractivity contribution is 5.96. The first-order valence-electron chi connectivity index (χ1n) is 6.00. The average molecular weight is 294 g/mol. The normalized spacial score (nSPS) is 11.2. The Bertz CT molecular complexity index is 667. The Morgan fingerprint density at radius 3 is 2.57 bits per heavy atom. The van der Waals surface area contributed by atoms with Crippen LogP contribution in [0.4, 0.5) is 24.7 Å². The van der Waals surface area contributed by atoms with E-state index < -0.39 is 11.7 Å². The zero-order valence-electron chi connectivity index (χ0n) is 11.1. The molecule has 3 N–H and O–H groups in total. The van der Waals surface area contributed by atoms with Crippen molar-refractivity contribution in [2.45, 2.75) is 6.18 Å². The minimum Gasteiger partial charge on any atom is -0.384 e. The molecule has 0 saturated heterocycles. The number of alkyl halides is 3. The largest absolute Gasteiger partial charge is 0.416 e. The van der Waals surface area contributed by atoms with E-state index in [1.54, 1.807) is 31.3 Å². The number of hydrogen-bond donors (Lipinski definition) is 2. The van der Waals surface area contributed by atoms with Gasteiger partial charge in [0, 0.05) is 24.5 Å². The number of hydrogen-bond acceptors (Lipinski definition) is 3. The van der Waals surface area contributed by atoms with E-state index >= 15 is 0 Å². The van der Waals surface area contributed by atoms with Crippen LogP contribution >= 0.6 is 0 Å². The molecular formula is C14H13F3N4. The standard InChI is InChI=1S/C14H13F3N4/c1-21(11-4-2-3-9(7-11)13(18)19)12-8-10(5-6-20-12)14(15,16)17/h2-8H,1H3,(H3,18,19). The van der Waals surface area contributed by atoms with Gasteiger partial charge in [-0.2, -0.15) is 13.2 Å². The molecule has 0 saturated carbocycles. The average Bonchev–Trinajstić information content (AvgIpc) is 2.46. The first-order valence-corrected chi connectivity index (χ1v) is 6.00. The molecule has 4 nitrogen and oxygen atoms in total. The molecule has 0 aliphatic carbocycles. The van der Waals surface area contributed by atoms with Crippen LogP contribution in [0.5, 0.6) is 0 Å². The Labute approximate surface area is 119 Å². The van der Waals surface area contributed by atoms with Crippen LogP contribution < -0.4 is 10.6 Å². The third kappa shape index (κ3) is 3.31. The molecule has 0 amide bonds. The maximum Gasteiger partial charge on any atom is 0.416 e. The molecule has 21 heavy (non-hydrogen) atoms. The Morgan fingerprint density at radius 2 is 1.95 bits per heavy atom. The van der Waals surface area contributed by atoms with Gasteiger partial charge < -0.3 is 10.6 Å². The first-order chi connectivity index (χ1) is 9.79. The van der Waals surface area contributed by atoms with Crippen molar-refractivity contribution < 1.29 is 13.2 Å².